The molecule has 1 amide bonds. The molecule has 2 N–H and O–H groups in total. The molecule has 2 fully saturated rings. The Morgan fingerprint density at radius 3 is 2.71 bits per heavy atom. The van der Waals surface area contributed by atoms with E-state index in [-0.39, 0.29) is 35.6 Å². The number of anilines is 1. The molecular formula is C13H16FN3O3S. The van der Waals surface area contributed by atoms with Crippen molar-refractivity contribution in [3.05, 3.63) is 24.0 Å². The summed E-state index contributed by atoms with van der Waals surface area (Å²) < 4.78 is 39.8. The van der Waals surface area contributed by atoms with E-state index < -0.39 is 15.8 Å². The number of carbonyl (C=O) groups excluding carboxylic acids is 1. The maximum absolute atomic E-state index is 13.4. The fourth-order valence-corrected chi connectivity index (χ4v) is 4.47. The van der Waals surface area contributed by atoms with Crippen LogP contribution in [0.3, 0.4) is 0 Å². The van der Waals surface area contributed by atoms with E-state index in [1.807, 2.05) is 0 Å². The van der Waals surface area contributed by atoms with Gasteiger partial charge in [0, 0.05) is 37.8 Å². The number of nitrogen functional groups attached to an aromatic ring is 1. The molecule has 3 rings (SSSR count). The van der Waals surface area contributed by atoms with Crippen molar-refractivity contribution in [2.24, 2.45) is 0 Å². The molecule has 0 spiro atoms. The first kappa shape index (κ1) is 14.3. The summed E-state index contributed by atoms with van der Waals surface area (Å²) in [4.78, 5) is 13.2. The maximum atomic E-state index is 13.4. The monoisotopic (exact) mass is 313 g/mol. The second kappa shape index (κ2) is 4.96. The molecule has 21 heavy (non-hydrogen) atoms. The minimum atomic E-state index is -3.79. The van der Waals surface area contributed by atoms with Crippen LogP contribution in [0.2, 0.25) is 0 Å². The van der Waals surface area contributed by atoms with Crippen LogP contribution in [0.4, 0.5) is 10.1 Å². The van der Waals surface area contributed by atoms with Crippen molar-refractivity contribution >= 4 is 21.6 Å². The predicted octanol–water partition coefficient (Wildman–Crippen LogP) is 0.403. The Labute approximate surface area is 122 Å². The zero-order chi connectivity index (χ0) is 15.2. The number of hydrogen-bond donors (Lipinski definition) is 1. The molecule has 1 atom stereocenters. The Kier molecular flexibility index (Phi) is 3.37. The van der Waals surface area contributed by atoms with Crippen molar-refractivity contribution in [3.8, 4) is 0 Å². The third kappa shape index (κ3) is 2.49. The quantitative estimate of drug-likeness (QED) is 0.801. The van der Waals surface area contributed by atoms with E-state index in [0.717, 1.165) is 12.1 Å². The van der Waals surface area contributed by atoms with Gasteiger partial charge in [0.25, 0.3) is 0 Å². The van der Waals surface area contributed by atoms with E-state index >= 15 is 0 Å². The number of halogens is 1. The topological polar surface area (TPSA) is 83.7 Å². The largest absolute Gasteiger partial charge is 0.399 e. The smallest absolute Gasteiger partial charge is 0.243 e. The average molecular weight is 313 g/mol. The highest BCUT2D eigenvalue weighted by atomic mass is 32.2. The van der Waals surface area contributed by atoms with Gasteiger partial charge in [-0.2, -0.15) is 4.31 Å². The predicted molar refractivity (Wildman–Crippen MR) is 74.3 cm³/mol. The number of nitrogens with two attached hydrogens (primary N) is 1. The van der Waals surface area contributed by atoms with Gasteiger partial charge in [0.2, 0.25) is 15.9 Å². The second-order valence-corrected chi connectivity index (χ2v) is 7.30. The van der Waals surface area contributed by atoms with Gasteiger partial charge in [-0.05, 0) is 24.6 Å². The van der Waals surface area contributed by atoms with E-state index in [0.29, 0.717) is 19.4 Å². The molecule has 0 saturated carbocycles. The van der Waals surface area contributed by atoms with Crippen molar-refractivity contribution in [2.75, 3.05) is 25.4 Å². The molecule has 8 heteroatoms. The number of sulfonamides is 1. The highest BCUT2D eigenvalue weighted by Gasteiger charge is 2.39. The molecule has 6 nitrogen and oxygen atoms in total. The number of benzene rings is 1. The molecular weight excluding hydrogens is 297 g/mol. The van der Waals surface area contributed by atoms with Crippen LogP contribution in [-0.2, 0) is 14.8 Å². The third-order valence-electron chi connectivity index (χ3n) is 3.99. The van der Waals surface area contributed by atoms with Crippen molar-refractivity contribution in [1.29, 1.82) is 0 Å². The molecule has 2 aliphatic heterocycles. The Morgan fingerprint density at radius 1 is 1.24 bits per heavy atom. The minimum absolute atomic E-state index is 0.0725. The second-order valence-electron chi connectivity index (χ2n) is 5.36. The Balaban J connectivity index is 1.87. The molecule has 2 aliphatic rings. The van der Waals surface area contributed by atoms with Gasteiger partial charge in [-0.15, -0.1) is 0 Å². The Morgan fingerprint density at radius 2 is 2.00 bits per heavy atom. The van der Waals surface area contributed by atoms with Gasteiger partial charge in [-0.1, -0.05) is 0 Å². The van der Waals surface area contributed by atoms with Crippen molar-refractivity contribution in [3.63, 3.8) is 0 Å². The number of nitrogens with zero attached hydrogens (tertiary/aromatic N) is 2. The standard InChI is InChI=1S/C13H16FN3O3S/c14-9-5-10(15)7-12(6-9)21(19,20)16-3-4-17-11(8-16)1-2-13(17)18/h5-7,11H,1-4,8,15H2. The summed E-state index contributed by atoms with van der Waals surface area (Å²) in [6.07, 6.45) is 1.13. The molecule has 2 heterocycles. The molecule has 114 valence electrons. The van der Waals surface area contributed by atoms with Crippen LogP contribution in [-0.4, -0.2) is 49.2 Å². The number of hydrogen-bond acceptors (Lipinski definition) is 4. The van der Waals surface area contributed by atoms with Crippen LogP contribution >= 0.6 is 0 Å². The van der Waals surface area contributed by atoms with Gasteiger partial charge in [-0.25, -0.2) is 12.8 Å². The van der Waals surface area contributed by atoms with Crippen molar-refractivity contribution in [1.82, 2.24) is 9.21 Å². The molecule has 0 radical (unpaired) electrons. The first-order valence-corrected chi connectivity index (χ1v) is 8.17. The van der Waals surface area contributed by atoms with Crippen LogP contribution in [0.1, 0.15) is 12.8 Å². The molecule has 0 aliphatic carbocycles. The Hall–Kier alpha value is -1.67. The number of fused-ring (bicyclic) bond motifs is 1. The van der Waals surface area contributed by atoms with Crippen molar-refractivity contribution in [2.45, 2.75) is 23.8 Å². The fraction of sp³-hybridized carbons (Fsp3) is 0.462. The molecule has 1 aromatic rings. The van der Waals surface area contributed by atoms with Crippen molar-refractivity contribution < 1.29 is 17.6 Å². The number of piperazine rings is 1. The zero-order valence-electron chi connectivity index (χ0n) is 11.3. The Bertz CT molecular complexity index is 672. The van der Waals surface area contributed by atoms with E-state index in [1.165, 1.54) is 10.4 Å². The number of amides is 1. The summed E-state index contributed by atoms with van der Waals surface area (Å²) in [6.45, 7) is 0.860. The summed E-state index contributed by atoms with van der Waals surface area (Å²) in [5, 5.41) is 0. The zero-order valence-corrected chi connectivity index (χ0v) is 12.1. The molecule has 0 aromatic heterocycles. The lowest BCUT2D eigenvalue weighted by Gasteiger charge is -2.36. The van der Waals surface area contributed by atoms with E-state index in [9.17, 15) is 17.6 Å². The molecule has 1 unspecified atom stereocenters. The van der Waals surface area contributed by atoms with Gasteiger partial charge in [0.05, 0.1) is 4.90 Å². The number of rotatable bonds is 2. The van der Waals surface area contributed by atoms with E-state index in [1.54, 1.807) is 4.90 Å². The van der Waals surface area contributed by atoms with Crippen LogP contribution in [0.15, 0.2) is 23.1 Å². The molecule has 2 saturated heterocycles. The summed E-state index contributed by atoms with van der Waals surface area (Å²) >= 11 is 0. The lowest BCUT2D eigenvalue weighted by molar-refractivity contribution is -0.130. The summed E-state index contributed by atoms with van der Waals surface area (Å²) in [6, 6.07) is 3.22. The minimum Gasteiger partial charge on any atom is -0.399 e. The average Bonchev–Trinajstić information content (AvgIpc) is 2.79. The van der Waals surface area contributed by atoms with Gasteiger partial charge >= 0.3 is 0 Å². The van der Waals surface area contributed by atoms with Crippen LogP contribution in [0.5, 0.6) is 0 Å². The highest BCUT2D eigenvalue weighted by Crippen LogP contribution is 2.27. The SMILES string of the molecule is Nc1cc(F)cc(S(=O)(=O)N2CCN3C(=O)CCC3C2)c1. The van der Waals surface area contributed by atoms with Crippen LogP contribution in [0.25, 0.3) is 0 Å². The fourth-order valence-electron chi connectivity index (χ4n) is 2.94. The van der Waals surface area contributed by atoms with Gasteiger partial charge in [0.1, 0.15) is 5.82 Å². The van der Waals surface area contributed by atoms with Crippen LogP contribution < -0.4 is 5.73 Å². The lowest BCUT2D eigenvalue weighted by Crippen LogP contribution is -2.53. The van der Waals surface area contributed by atoms with Gasteiger partial charge in [0.15, 0.2) is 0 Å². The van der Waals surface area contributed by atoms with Gasteiger partial charge in [-0.3, -0.25) is 4.79 Å². The normalized spacial score (nSPS) is 23.4. The summed E-state index contributed by atoms with van der Waals surface area (Å²) in [5.41, 5.74) is 5.59. The maximum Gasteiger partial charge on any atom is 0.243 e. The number of carbonyl (C=O) groups is 1. The van der Waals surface area contributed by atoms with Gasteiger partial charge < -0.3 is 10.6 Å². The first-order valence-electron chi connectivity index (χ1n) is 6.73. The molecule has 0 bridgehead atoms. The van der Waals surface area contributed by atoms with E-state index in [2.05, 4.69) is 0 Å². The summed E-state index contributed by atoms with van der Waals surface area (Å²) in [5.74, 6) is -0.602. The highest BCUT2D eigenvalue weighted by molar-refractivity contribution is 7.89. The van der Waals surface area contributed by atoms with Crippen LogP contribution in [0, 0.1) is 5.82 Å². The summed E-state index contributed by atoms with van der Waals surface area (Å²) in [7, 11) is -3.79. The third-order valence-corrected chi connectivity index (χ3v) is 5.83. The lowest BCUT2D eigenvalue weighted by atomic mass is 10.2. The molecule has 1 aromatic carbocycles. The van der Waals surface area contributed by atoms with E-state index in [4.69, 9.17) is 5.73 Å². The first-order chi connectivity index (χ1) is 9.88.